The maximum atomic E-state index is 11.8. The van der Waals surface area contributed by atoms with Crippen molar-refractivity contribution in [3.63, 3.8) is 0 Å². The second-order valence-corrected chi connectivity index (χ2v) is 4.55. The highest BCUT2D eigenvalue weighted by molar-refractivity contribution is 5.78. The van der Waals surface area contributed by atoms with E-state index in [1.165, 1.54) is 0 Å². The highest BCUT2D eigenvalue weighted by Gasteiger charge is 2.28. The highest BCUT2D eigenvalue weighted by Crippen LogP contribution is 2.18. The van der Waals surface area contributed by atoms with E-state index < -0.39 is 0 Å². The average molecular weight is 234 g/mol. The number of hydrogen-bond acceptors (Lipinski definition) is 3. The van der Waals surface area contributed by atoms with E-state index in [1.807, 2.05) is 19.1 Å². The first kappa shape index (κ1) is 11.9. The summed E-state index contributed by atoms with van der Waals surface area (Å²) in [5.41, 5.74) is 0.750. The molecule has 92 valence electrons. The van der Waals surface area contributed by atoms with Gasteiger partial charge >= 0.3 is 0 Å². The molecule has 1 aliphatic heterocycles. The quantitative estimate of drug-likeness (QED) is 0.724. The van der Waals surface area contributed by atoms with Crippen molar-refractivity contribution in [1.29, 1.82) is 0 Å². The van der Waals surface area contributed by atoms with Crippen molar-refractivity contribution in [2.45, 2.75) is 13.5 Å². The molecule has 0 saturated carbocycles. The second-order valence-electron chi connectivity index (χ2n) is 4.55. The summed E-state index contributed by atoms with van der Waals surface area (Å²) >= 11 is 0. The van der Waals surface area contributed by atoms with Gasteiger partial charge in [-0.15, -0.1) is 0 Å². The smallest absolute Gasteiger partial charge is 0.223 e. The van der Waals surface area contributed by atoms with Crippen LogP contribution in [0, 0.1) is 11.8 Å². The molecule has 0 spiro atoms. The molecule has 0 aromatic heterocycles. The molecule has 1 unspecified atom stereocenters. The van der Waals surface area contributed by atoms with Gasteiger partial charge in [0.25, 0.3) is 0 Å². The summed E-state index contributed by atoms with van der Waals surface area (Å²) in [7, 11) is 0. The molecule has 1 aliphatic rings. The number of amides is 1. The van der Waals surface area contributed by atoms with Gasteiger partial charge in [0.1, 0.15) is 5.75 Å². The Hall–Kier alpha value is -1.55. The number of rotatable bonds is 4. The SMILES string of the molecule is CC(C(=O)NCc1ccccc1O)C1CNC1. The van der Waals surface area contributed by atoms with E-state index in [-0.39, 0.29) is 17.6 Å². The van der Waals surface area contributed by atoms with Gasteiger partial charge in [-0.3, -0.25) is 4.79 Å². The maximum Gasteiger partial charge on any atom is 0.223 e. The summed E-state index contributed by atoms with van der Waals surface area (Å²) in [6, 6.07) is 7.05. The third kappa shape index (κ3) is 2.77. The van der Waals surface area contributed by atoms with E-state index in [1.54, 1.807) is 12.1 Å². The van der Waals surface area contributed by atoms with Crippen LogP contribution in [0.3, 0.4) is 0 Å². The van der Waals surface area contributed by atoms with E-state index in [0.717, 1.165) is 18.7 Å². The monoisotopic (exact) mass is 234 g/mol. The molecule has 1 saturated heterocycles. The van der Waals surface area contributed by atoms with Crippen LogP contribution in [0.1, 0.15) is 12.5 Å². The molecule has 1 aromatic rings. The molecule has 1 fully saturated rings. The summed E-state index contributed by atoms with van der Waals surface area (Å²) < 4.78 is 0. The van der Waals surface area contributed by atoms with Crippen LogP contribution >= 0.6 is 0 Å². The molecule has 1 aromatic carbocycles. The zero-order valence-corrected chi connectivity index (χ0v) is 9.94. The van der Waals surface area contributed by atoms with Gasteiger partial charge in [-0.1, -0.05) is 25.1 Å². The Kier molecular flexibility index (Phi) is 3.64. The van der Waals surface area contributed by atoms with Crippen molar-refractivity contribution < 1.29 is 9.90 Å². The molecule has 1 atom stereocenters. The van der Waals surface area contributed by atoms with Gasteiger partial charge < -0.3 is 15.7 Å². The van der Waals surface area contributed by atoms with Crippen LogP contribution < -0.4 is 10.6 Å². The number of benzene rings is 1. The third-order valence-corrected chi connectivity index (χ3v) is 3.38. The van der Waals surface area contributed by atoms with E-state index >= 15 is 0 Å². The Labute approximate surface area is 101 Å². The van der Waals surface area contributed by atoms with E-state index in [2.05, 4.69) is 10.6 Å². The topological polar surface area (TPSA) is 61.4 Å². The molecule has 17 heavy (non-hydrogen) atoms. The third-order valence-electron chi connectivity index (χ3n) is 3.38. The van der Waals surface area contributed by atoms with Crippen molar-refractivity contribution >= 4 is 5.91 Å². The number of para-hydroxylation sites is 1. The molecular formula is C13H18N2O2. The van der Waals surface area contributed by atoms with Crippen molar-refractivity contribution in [3.8, 4) is 5.75 Å². The molecule has 4 heteroatoms. The fourth-order valence-corrected chi connectivity index (χ4v) is 1.88. The Bertz CT molecular complexity index is 402. The summed E-state index contributed by atoms with van der Waals surface area (Å²) in [6.07, 6.45) is 0. The number of carbonyl (C=O) groups excluding carboxylic acids is 1. The predicted octanol–water partition coefficient (Wildman–Crippen LogP) is 0.864. The van der Waals surface area contributed by atoms with Gasteiger partial charge in [-0.25, -0.2) is 0 Å². The summed E-state index contributed by atoms with van der Waals surface area (Å²) in [6.45, 7) is 4.18. The Balaban J connectivity index is 1.85. The minimum Gasteiger partial charge on any atom is -0.508 e. The molecule has 0 radical (unpaired) electrons. The summed E-state index contributed by atoms with van der Waals surface area (Å²) in [5.74, 6) is 0.756. The second kappa shape index (κ2) is 5.19. The molecule has 0 aliphatic carbocycles. The van der Waals surface area contributed by atoms with Crippen LogP contribution in [0.4, 0.5) is 0 Å². The predicted molar refractivity (Wildman–Crippen MR) is 65.5 cm³/mol. The van der Waals surface area contributed by atoms with Gasteiger partial charge in [0, 0.05) is 18.0 Å². The van der Waals surface area contributed by atoms with Crippen LogP contribution in [0.5, 0.6) is 5.75 Å². The van der Waals surface area contributed by atoms with Gasteiger partial charge in [-0.05, 0) is 25.1 Å². The van der Waals surface area contributed by atoms with Gasteiger partial charge in [-0.2, -0.15) is 0 Å². The van der Waals surface area contributed by atoms with Crippen molar-refractivity contribution in [2.24, 2.45) is 11.8 Å². The fourth-order valence-electron chi connectivity index (χ4n) is 1.88. The van der Waals surface area contributed by atoms with Crippen LogP contribution in [0.2, 0.25) is 0 Å². The number of nitrogens with one attached hydrogen (secondary N) is 2. The zero-order chi connectivity index (χ0) is 12.3. The van der Waals surface area contributed by atoms with Crippen molar-refractivity contribution in [3.05, 3.63) is 29.8 Å². The molecule has 1 heterocycles. The lowest BCUT2D eigenvalue weighted by Gasteiger charge is -2.31. The first-order chi connectivity index (χ1) is 8.18. The highest BCUT2D eigenvalue weighted by atomic mass is 16.3. The van der Waals surface area contributed by atoms with E-state index in [0.29, 0.717) is 12.5 Å². The lowest BCUT2D eigenvalue weighted by atomic mass is 9.88. The molecule has 2 rings (SSSR count). The number of aromatic hydroxyl groups is 1. The number of phenolic OH excluding ortho intramolecular Hbond substituents is 1. The maximum absolute atomic E-state index is 11.8. The Morgan fingerprint density at radius 3 is 2.82 bits per heavy atom. The number of carbonyl (C=O) groups is 1. The molecule has 0 bridgehead atoms. The number of hydrogen-bond donors (Lipinski definition) is 3. The first-order valence-electron chi connectivity index (χ1n) is 5.94. The summed E-state index contributed by atoms with van der Waals surface area (Å²) in [5, 5.41) is 15.6. The van der Waals surface area contributed by atoms with Crippen LogP contribution in [0.25, 0.3) is 0 Å². The van der Waals surface area contributed by atoms with Crippen molar-refractivity contribution in [2.75, 3.05) is 13.1 Å². The van der Waals surface area contributed by atoms with E-state index in [4.69, 9.17) is 0 Å². The summed E-state index contributed by atoms with van der Waals surface area (Å²) in [4.78, 5) is 11.8. The van der Waals surface area contributed by atoms with Crippen LogP contribution in [-0.4, -0.2) is 24.1 Å². The molecule has 3 N–H and O–H groups in total. The minimum absolute atomic E-state index is 0.0297. The van der Waals surface area contributed by atoms with Gasteiger partial charge in [0.2, 0.25) is 5.91 Å². The standard InChI is InChI=1S/C13H18N2O2/c1-9(11-6-14-7-11)13(17)15-8-10-4-2-3-5-12(10)16/h2-5,9,11,14,16H,6-8H2,1H3,(H,15,17). The normalized spacial score (nSPS) is 17.2. The van der Waals surface area contributed by atoms with Crippen LogP contribution in [-0.2, 0) is 11.3 Å². The Morgan fingerprint density at radius 1 is 1.53 bits per heavy atom. The molecular weight excluding hydrogens is 216 g/mol. The van der Waals surface area contributed by atoms with Crippen LogP contribution in [0.15, 0.2) is 24.3 Å². The zero-order valence-electron chi connectivity index (χ0n) is 9.94. The average Bonchev–Trinajstić information content (AvgIpc) is 2.25. The molecule has 1 amide bonds. The lowest BCUT2D eigenvalue weighted by molar-refractivity contribution is -0.126. The fraction of sp³-hybridized carbons (Fsp3) is 0.462. The first-order valence-corrected chi connectivity index (χ1v) is 5.94. The van der Waals surface area contributed by atoms with Gasteiger partial charge in [0.05, 0.1) is 0 Å². The minimum atomic E-state index is 0.0297. The lowest BCUT2D eigenvalue weighted by Crippen LogP contribution is -2.49. The van der Waals surface area contributed by atoms with Crippen molar-refractivity contribution in [1.82, 2.24) is 10.6 Å². The largest absolute Gasteiger partial charge is 0.508 e. The molecule has 4 nitrogen and oxygen atoms in total. The van der Waals surface area contributed by atoms with Gasteiger partial charge in [0.15, 0.2) is 0 Å². The number of phenols is 1. The Morgan fingerprint density at radius 2 is 2.24 bits per heavy atom. The van der Waals surface area contributed by atoms with E-state index in [9.17, 15) is 9.90 Å².